The van der Waals surface area contributed by atoms with Crippen molar-refractivity contribution in [3.05, 3.63) is 103 Å². The fraction of sp³-hybridized carbons (Fsp3) is 0.0938. The van der Waals surface area contributed by atoms with Gasteiger partial charge in [0, 0.05) is 46.0 Å². The summed E-state index contributed by atoms with van der Waals surface area (Å²) in [6.45, 7) is 4.12. The van der Waals surface area contributed by atoms with Crippen LogP contribution in [0, 0.1) is 13.8 Å². The fourth-order valence-electron chi connectivity index (χ4n) is 5.92. The number of fused-ring (bicyclic) bond motifs is 9. The van der Waals surface area contributed by atoms with Gasteiger partial charge in [-0.25, -0.2) is 15.0 Å². The Hall–Kier alpha value is -4.97. The molecule has 8 rings (SSSR count). The molecule has 6 heteroatoms. The molecule has 0 atom stereocenters. The van der Waals surface area contributed by atoms with E-state index in [4.69, 9.17) is 15.0 Å². The van der Waals surface area contributed by atoms with E-state index in [1.807, 2.05) is 13.1 Å². The number of hydrogen-bond donors (Lipinski definition) is 0. The summed E-state index contributed by atoms with van der Waals surface area (Å²) < 4.78 is 6.59. The van der Waals surface area contributed by atoms with Crippen molar-refractivity contribution in [2.45, 2.75) is 13.8 Å². The van der Waals surface area contributed by atoms with E-state index in [1.54, 1.807) is 0 Å². The SMILES string of the molecule is Cc1nc2c(c3cc(-c4cccc(-n5c6ccccc6c6ccccc65)n4)ccc3c3ncc(C)n32)n1C. The summed E-state index contributed by atoms with van der Waals surface area (Å²) in [4.78, 5) is 14.8. The Balaban J connectivity index is 1.39. The molecule has 5 aromatic heterocycles. The first-order chi connectivity index (χ1) is 18.6. The molecule has 0 radical (unpaired) electrons. The highest BCUT2D eigenvalue weighted by atomic mass is 15.1. The highest BCUT2D eigenvalue weighted by molar-refractivity contribution is 6.11. The van der Waals surface area contributed by atoms with Crippen LogP contribution in [-0.2, 0) is 7.05 Å². The van der Waals surface area contributed by atoms with Crippen molar-refractivity contribution in [3.63, 3.8) is 0 Å². The summed E-state index contributed by atoms with van der Waals surface area (Å²) in [5.41, 5.74) is 8.35. The number of aromatic nitrogens is 6. The third kappa shape index (κ3) is 2.74. The number of aryl methyl sites for hydroxylation is 3. The van der Waals surface area contributed by atoms with Crippen molar-refractivity contribution in [3.8, 4) is 17.1 Å². The van der Waals surface area contributed by atoms with Crippen LogP contribution in [0.4, 0.5) is 0 Å². The van der Waals surface area contributed by atoms with Crippen molar-refractivity contribution in [2.24, 2.45) is 7.05 Å². The normalized spacial score (nSPS) is 12.1. The Morgan fingerprint density at radius 2 is 1.39 bits per heavy atom. The Morgan fingerprint density at radius 1 is 0.658 bits per heavy atom. The topological polar surface area (TPSA) is 52.9 Å². The molecule has 6 nitrogen and oxygen atoms in total. The molecule has 0 fully saturated rings. The van der Waals surface area contributed by atoms with Gasteiger partial charge in [0.05, 0.1) is 22.2 Å². The zero-order valence-electron chi connectivity index (χ0n) is 21.3. The number of benzene rings is 3. The minimum atomic E-state index is 0.904. The van der Waals surface area contributed by atoms with Gasteiger partial charge in [0.15, 0.2) is 5.65 Å². The van der Waals surface area contributed by atoms with E-state index in [1.165, 1.54) is 10.8 Å². The molecule has 0 spiro atoms. The second kappa shape index (κ2) is 7.52. The van der Waals surface area contributed by atoms with Gasteiger partial charge in [-0.15, -0.1) is 0 Å². The van der Waals surface area contributed by atoms with E-state index in [0.717, 1.165) is 67.2 Å². The second-order valence-electron chi connectivity index (χ2n) is 9.96. The molecule has 0 amide bonds. The zero-order chi connectivity index (χ0) is 25.5. The Morgan fingerprint density at radius 3 is 2.16 bits per heavy atom. The van der Waals surface area contributed by atoms with E-state index >= 15 is 0 Å². The Kier molecular flexibility index (Phi) is 4.19. The van der Waals surface area contributed by atoms with Crippen molar-refractivity contribution in [1.82, 2.24) is 28.5 Å². The molecule has 3 aromatic carbocycles. The predicted molar refractivity (Wildman–Crippen MR) is 154 cm³/mol. The molecule has 182 valence electrons. The molecule has 0 N–H and O–H groups in total. The first-order valence-corrected chi connectivity index (χ1v) is 12.8. The van der Waals surface area contributed by atoms with Crippen LogP contribution in [0.3, 0.4) is 0 Å². The molecule has 8 aromatic rings. The van der Waals surface area contributed by atoms with Crippen molar-refractivity contribution in [2.75, 3.05) is 0 Å². The van der Waals surface area contributed by atoms with Gasteiger partial charge in [0.2, 0.25) is 0 Å². The van der Waals surface area contributed by atoms with Crippen molar-refractivity contribution in [1.29, 1.82) is 0 Å². The van der Waals surface area contributed by atoms with Gasteiger partial charge in [0.25, 0.3) is 0 Å². The molecule has 38 heavy (non-hydrogen) atoms. The highest BCUT2D eigenvalue weighted by Crippen LogP contribution is 2.35. The van der Waals surface area contributed by atoms with E-state index in [2.05, 4.69) is 112 Å². The molecule has 0 saturated carbocycles. The quantitative estimate of drug-likeness (QED) is 0.257. The lowest BCUT2D eigenvalue weighted by Crippen LogP contribution is -1.99. The summed E-state index contributed by atoms with van der Waals surface area (Å²) in [6.07, 6.45) is 1.92. The van der Waals surface area contributed by atoms with Crippen molar-refractivity contribution >= 4 is 49.4 Å². The number of pyridine rings is 2. The summed E-state index contributed by atoms with van der Waals surface area (Å²) in [5, 5.41) is 4.70. The maximum Gasteiger partial charge on any atom is 0.165 e. The maximum atomic E-state index is 5.19. The summed E-state index contributed by atoms with van der Waals surface area (Å²) in [5.74, 6) is 1.87. The minimum Gasteiger partial charge on any atom is -0.330 e. The van der Waals surface area contributed by atoms with Gasteiger partial charge in [-0.2, -0.15) is 0 Å². The van der Waals surface area contributed by atoms with Gasteiger partial charge < -0.3 is 4.57 Å². The van der Waals surface area contributed by atoms with Gasteiger partial charge >= 0.3 is 0 Å². The molecular formula is C32H24N6. The van der Waals surface area contributed by atoms with E-state index in [0.29, 0.717) is 0 Å². The number of rotatable bonds is 2. The number of hydrogen-bond acceptors (Lipinski definition) is 3. The van der Waals surface area contributed by atoms with E-state index in [9.17, 15) is 0 Å². The van der Waals surface area contributed by atoms with Gasteiger partial charge in [-0.3, -0.25) is 8.97 Å². The van der Waals surface area contributed by atoms with Crippen LogP contribution in [0.25, 0.3) is 66.5 Å². The van der Waals surface area contributed by atoms with Gasteiger partial charge in [-0.05, 0) is 50.2 Å². The molecule has 0 aliphatic heterocycles. The molecule has 0 aliphatic rings. The summed E-state index contributed by atoms with van der Waals surface area (Å²) in [7, 11) is 2.08. The number of nitrogens with zero attached hydrogens (tertiary/aromatic N) is 6. The lowest BCUT2D eigenvalue weighted by atomic mass is 10.0. The average Bonchev–Trinajstić information content (AvgIpc) is 3.60. The average molecular weight is 493 g/mol. The zero-order valence-corrected chi connectivity index (χ0v) is 21.3. The monoisotopic (exact) mass is 492 g/mol. The van der Waals surface area contributed by atoms with Crippen LogP contribution in [0.5, 0.6) is 0 Å². The molecule has 0 bridgehead atoms. The van der Waals surface area contributed by atoms with Crippen LogP contribution in [-0.4, -0.2) is 28.5 Å². The molecule has 0 saturated heterocycles. The summed E-state index contributed by atoms with van der Waals surface area (Å²) in [6, 6.07) is 29.9. The minimum absolute atomic E-state index is 0.904. The van der Waals surface area contributed by atoms with Crippen LogP contribution in [0.15, 0.2) is 91.1 Å². The molecular weight excluding hydrogens is 468 g/mol. The molecule has 0 aliphatic carbocycles. The number of para-hydroxylation sites is 2. The van der Waals surface area contributed by atoms with E-state index in [-0.39, 0.29) is 0 Å². The van der Waals surface area contributed by atoms with Gasteiger partial charge in [0.1, 0.15) is 17.3 Å². The Bertz CT molecular complexity index is 2170. The van der Waals surface area contributed by atoms with Gasteiger partial charge in [-0.1, -0.05) is 48.5 Å². The highest BCUT2D eigenvalue weighted by Gasteiger charge is 2.18. The van der Waals surface area contributed by atoms with Crippen LogP contribution in [0.1, 0.15) is 11.5 Å². The number of imidazole rings is 2. The largest absolute Gasteiger partial charge is 0.330 e. The van der Waals surface area contributed by atoms with Crippen LogP contribution < -0.4 is 0 Å². The molecule has 5 heterocycles. The summed E-state index contributed by atoms with van der Waals surface area (Å²) >= 11 is 0. The lowest BCUT2D eigenvalue weighted by molar-refractivity contribution is 0.888. The van der Waals surface area contributed by atoms with Crippen molar-refractivity contribution < 1.29 is 0 Å². The maximum absolute atomic E-state index is 5.19. The Labute approximate surface area is 218 Å². The third-order valence-electron chi connectivity index (χ3n) is 7.81. The fourth-order valence-corrected chi connectivity index (χ4v) is 5.92. The standard InChI is InChI=1S/C32H24N6/c1-19-18-33-31-24-16-15-21(17-25(24)30-32(37(19)31)34-20(2)36(30)3)26-11-8-14-29(35-26)38-27-12-6-4-9-22(27)23-10-5-7-13-28(23)38/h4-18H,1-3H3. The third-order valence-corrected chi connectivity index (χ3v) is 7.81. The van der Waals surface area contributed by atoms with Crippen LogP contribution >= 0.6 is 0 Å². The smallest absolute Gasteiger partial charge is 0.165 e. The van der Waals surface area contributed by atoms with Crippen LogP contribution in [0.2, 0.25) is 0 Å². The predicted octanol–water partition coefficient (Wildman–Crippen LogP) is 7.15. The van der Waals surface area contributed by atoms with E-state index < -0.39 is 0 Å². The lowest BCUT2D eigenvalue weighted by Gasteiger charge is -2.11. The molecule has 0 unspecified atom stereocenters. The second-order valence-corrected chi connectivity index (χ2v) is 9.96. The first-order valence-electron chi connectivity index (χ1n) is 12.8. The first kappa shape index (κ1) is 21.1.